The number of nitrogens with zero attached hydrogens (tertiary/aromatic N) is 1. The van der Waals surface area contributed by atoms with Gasteiger partial charge in [0, 0.05) is 17.3 Å². The normalized spacial score (nSPS) is 10.9. The van der Waals surface area contributed by atoms with Crippen LogP contribution in [0, 0.1) is 11.3 Å². The molecule has 9 heteroatoms. The smallest absolute Gasteiger partial charge is 0.326 e. The molecule has 0 saturated carbocycles. The fraction of sp³-hybridized carbons (Fsp3) is 0.238. The number of carbonyl (C=O) groups excluding carboxylic acids is 3. The molecule has 2 N–H and O–H groups in total. The summed E-state index contributed by atoms with van der Waals surface area (Å²) in [6, 6.07) is 12.8. The van der Waals surface area contributed by atoms with Crippen LogP contribution in [-0.2, 0) is 14.3 Å². The van der Waals surface area contributed by atoms with E-state index in [2.05, 4.69) is 10.6 Å². The van der Waals surface area contributed by atoms with Gasteiger partial charge >= 0.3 is 5.97 Å². The number of hydrogen-bond acceptors (Lipinski definition) is 7. The zero-order valence-electron chi connectivity index (χ0n) is 16.7. The van der Waals surface area contributed by atoms with Crippen molar-refractivity contribution in [3.8, 4) is 17.6 Å². The zero-order chi connectivity index (χ0) is 22.1. The van der Waals surface area contributed by atoms with Gasteiger partial charge in [0.05, 0.1) is 25.9 Å². The maximum Gasteiger partial charge on any atom is 0.326 e. The number of hydrogen-bond donors (Lipinski definition) is 2. The first-order valence-corrected chi connectivity index (χ1v) is 8.88. The van der Waals surface area contributed by atoms with E-state index in [0.29, 0.717) is 22.7 Å². The predicted octanol–water partition coefficient (Wildman–Crippen LogP) is 1.88. The molecule has 0 radical (unpaired) electrons. The van der Waals surface area contributed by atoms with Crippen LogP contribution in [0.4, 0.5) is 5.69 Å². The molecule has 30 heavy (non-hydrogen) atoms. The number of nitrogens with one attached hydrogen (secondary N) is 2. The number of esters is 1. The van der Waals surface area contributed by atoms with Crippen LogP contribution in [-0.4, -0.2) is 44.7 Å². The van der Waals surface area contributed by atoms with Crippen molar-refractivity contribution in [2.75, 3.05) is 26.1 Å². The van der Waals surface area contributed by atoms with Gasteiger partial charge in [-0.3, -0.25) is 14.4 Å². The van der Waals surface area contributed by atoms with E-state index in [0.717, 1.165) is 0 Å². The van der Waals surface area contributed by atoms with Gasteiger partial charge in [0.2, 0.25) is 0 Å². The fourth-order valence-electron chi connectivity index (χ4n) is 2.36. The first-order valence-electron chi connectivity index (χ1n) is 8.88. The third-order valence-corrected chi connectivity index (χ3v) is 3.97. The summed E-state index contributed by atoms with van der Waals surface area (Å²) < 4.78 is 15.2. The lowest BCUT2D eigenvalue weighted by Gasteiger charge is -2.14. The van der Waals surface area contributed by atoms with Crippen LogP contribution < -0.4 is 20.1 Å². The van der Waals surface area contributed by atoms with Crippen LogP contribution in [0.15, 0.2) is 42.5 Å². The van der Waals surface area contributed by atoms with Gasteiger partial charge in [-0.1, -0.05) is 0 Å². The van der Waals surface area contributed by atoms with E-state index >= 15 is 0 Å². The molecule has 0 aromatic heterocycles. The monoisotopic (exact) mass is 411 g/mol. The highest BCUT2D eigenvalue weighted by Gasteiger charge is 2.19. The number of nitriles is 1. The molecular formula is C21H21N3O6. The predicted molar refractivity (Wildman–Crippen MR) is 107 cm³/mol. The molecule has 0 heterocycles. The largest absolute Gasteiger partial charge is 0.497 e. The van der Waals surface area contributed by atoms with E-state index in [4.69, 9.17) is 19.5 Å². The Morgan fingerprint density at radius 2 is 1.63 bits per heavy atom. The number of anilines is 1. The van der Waals surface area contributed by atoms with Gasteiger partial charge in [-0.15, -0.1) is 0 Å². The summed E-state index contributed by atoms with van der Waals surface area (Å²) in [6.07, 6.45) is -1.08. The highest BCUT2D eigenvalue weighted by Crippen LogP contribution is 2.22. The molecule has 2 rings (SSSR count). The second-order valence-corrected chi connectivity index (χ2v) is 6.09. The summed E-state index contributed by atoms with van der Waals surface area (Å²) >= 11 is 0. The Bertz CT molecular complexity index is 943. The topological polar surface area (TPSA) is 127 Å². The minimum atomic E-state index is -1.08. The number of benzene rings is 2. The quantitative estimate of drug-likeness (QED) is 0.635. The molecule has 2 aromatic carbocycles. The number of rotatable bonds is 8. The minimum absolute atomic E-state index is 0.241. The zero-order valence-corrected chi connectivity index (χ0v) is 16.7. The van der Waals surface area contributed by atoms with Gasteiger partial charge < -0.3 is 24.8 Å². The van der Waals surface area contributed by atoms with Gasteiger partial charge in [0.1, 0.15) is 18.0 Å². The van der Waals surface area contributed by atoms with Crippen molar-refractivity contribution in [3.63, 3.8) is 0 Å². The highest BCUT2D eigenvalue weighted by molar-refractivity contribution is 5.97. The van der Waals surface area contributed by atoms with Gasteiger partial charge in [-0.25, -0.2) is 0 Å². The minimum Gasteiger partial charge on any atom is -0.497 e. The van der Waals surface area contributed by atoms with Crippen LogP contribution in [0.2, 0.25) is 0 Å². The van der Waals surface area contributed by atoms with Crippen molar-refractivity contribution in [2.45, 2.75) is 13.0 Å². The van der Waals surface area contributed by atoms with E-state index in [-0.39, 0.29) is 5.56 Å². The number of amides is 2. The molecule has 0 aliphatic carbocycles. The summed E-state index contributed by atoms with van der Waals surface area (Å²) in [4.78, 5) is 36.4. The molecule has 0 spiro atoms. The Morgan fingerprint density at radius 3 is 2.17 bits per heavy atom. The van der Waals surface area contributed by atoms with Crippen LogP contribution in [0.25, 0.3) is 0 Å². The Kier molecular flexibility index (Phi) is 7.76. The highest BCUT2D eigenvalue weighted by atomic mass is 16.5. The molecule has 1 atom stereocenters. The molecular weight excluding hydrogens is 390 g/mol. The molecule has 156 valence electrons. The molecule has 0 bridgehead atoms. The molecule has 9 nitrogen and oxygen atoms in total. The molecule has 2 amide bonds. The average molecular weight is 411 g/mol. The number of methoxy groups -OCH3 is 2. The Labute approximate surface area is 173 Å². The molecule has 0 aliphatic heterocycles. The third-order valence-electron chi connectivity index (χ3n) is 3.97. The van der Waals surface area contributed by atoms with E-state index < -0.39 is 30.4 Å². The van der Waals surface area contributed by atoms with E-state index in [9.17, 15) is 14.4 Å². The van der Waals surface area contributed by atoms with Crippen molar-refractivity contribution in [2.24, 2.45) is 0 Å². The maximum absolute atomic E-state index is 12.3. The Hall–Kier alpha value is -4.06. The number of carbonyl (C=O) groups is 3. The summed E-state index contributed by atoms with van der Waals surface area (Å²) in [7, 11) is 2.91. The van der Waals surface area contributed by atoms with E-state index in [1.54, 1.807) is 30.3 Å². The average Bonchev–Trinajstić information content (AvgIpc) is 2.77. The first kappa shape index (κ1) is 22.2. The molecule has 0 aliphatic rings. The first-order chi connectivity index (χ1) is 14.4. The molecule has 0 saturated heterocycles. The van der Waals surface area contributed by atoms with Crippen molar-refractivity contribution >= 4 is 23.5 Å². The molecule has 0 unspecified atom stereocenters. The second-order valence-electron chi connectivity index (χ2n) is 6.09. The molecule has 2 aromatic rings. The lowest BCUT2D eigenvalue weighted by atomic mass is 10.2. The lowest BCUT2D eigenvalue weighted by Crippen LogP contribution is -2.35. The van der Waals surface area contributed by atoms with Gasteiger partial charge in [-0.05, 0) is 43.3 Å². The molecule has 0 fully saturated rings. The summed E-state index contributed by atoms with van der Waals surface area (Å²) in [5.74, 6) is -0.998. The summed E-state index contributed by atoms with van der Waals surface area (Å²) in [6.45, 7) is 0.985. The summed E-state index contributed by atoms with van der Waals surface area (Å²) in [5, 5.41) is 13.8. The van der Waals surface area contributed by atoms with Gasteiger partial charge in [0.25, 0.3) is 11.8 Å². The van der Waals surface area contributed by atoms with Crippen LogP contribution >= 0.6 is 0 Å². The van der Waals surface area contributed by atoms with Crippen molar-refractivity contribution in [1.82, 2.24) is 5.32 Å². The Balaban J connectivity index is 1.86. The lowest BCUT2D eigenvalue weighted by molar-refractivity contribution is -0.152. The third kappa shape index (κ3) is 6.24. The van der Waals surface area contributed by atoms with E-state index in [1.807, 2.05) is 6.07 Å². The summed E-state index contributed by atoms with van der Waals surface area (Å²) in [5.41, 5.74) is 1.16. The number of ether oxygens (including phenoxy) is 3. The van der Waals surface area contributed by atoms with Gasteiger partial charge in [0.15, 0.2) is 6.10 Å². The van der Waals surface area contributed by atoms with Gasteiger partial charge in [-0.2, -0.15) is 5.26 Å². The van der Waals surface area contributed by atoms with Crippen LogP contribution in [0.3, 0.4) is 0 Å². The van der Waals surface area contributed by atoms with Crippen LogP contribution in [0.1, 0.15) is 22.8 Å². The standard InChI is InChI=1S/C21H21N3O6/c1-13(20(26)24-16-6-4-14(11-22)5-7-16)30-19(25)12-23-21(27)15-8-17(28-2)10-18(9-15)29-3/h4-10,13H,12H2,1-3H3,(H,23,27)(H,24,26)/t13-/m1/s1. The van der Waals surface area contributed by atoms with Crippen molar-refractivity contribution < 1.29 is 28.6 Å². The van der Waals surface area contributed by atoms with Crippen molar-refractivity contribution in [3.05, 3.63) is 53.6 Å². The fourth-order valence-corrected chi connectivity index (χ4v) is 2.36. The Morgan fingerprint density at radius 1 is 1.03 bits per heavy atom. The van der Waals surface area contributed by atoms with Crippen molar-refractivity contribution in [1.29, 1.82) is 5.26 Å². The van der Waals surface area contributed by atoms with E-state index in [1.165, 1.54) is 33.3 Å². The van der Waals surface area contributed by atoms with Crippen LogP contribution in [0.5, 0.6) is 11.5 Å². The maximum atomic E-state index is 12.3. The SMILES string of the molecule is COc1cc(OC)cc(C(=O)NCC(=O)O[C@H](C)C(=O)Nc2ccc(C#N)cc2)c1. The second kappa shape index (κ2) is 10.5.